The predicted octanol–water partition coefficient (Wildman–Crippen LogP) is 4.61. The summed E-state index contributed by atoms with van der Waals surface area (Å²) in [5.41, 5.74) is 3.15. The van der Waals surface area contributed by atoms with E-state index in [0.717, 1.165) is 29.0 Å². The van der Waals surface area contributed by atoms with Crippen LogP contribution in [0, 0.1) is 0 Å². The van der Waals surface area contributed by atoms with E-state index < -0.39 is 0 Å². The Kier molecular flexibility index (Phi) is 7.78. The number of thioether (sulfide) groups is 1. The Morgan fingerprint density at radius 2 is 1.90 bits per heavy atom. The lowest BCUT2D eigenvalue weighted by atomic mass is 10.1. The fraction of sp³-hybridized carbons (Fsp3) is 0.438. The van der Waals surface area contributed by atoms with Crippen LogP contribution in [-0.2, 0) is 4.79 Å². The molecular weight excluding hydrogens is 290 g/mol. The van der Waals surface area contributed by atoms with Crippen molar-refractivity contribution in [3.63, 3.8) is 0 Å². The number of hydrogen-bond acceptors (Lipinski definition) is 2. The number of hydrogen-bond donors (Lipinski definition) is 0. The molecule has 0 aliphatic rings. The van der Waals surface area contributed by atoms with Gasteiger partial charge in [-0.05, 0) is 31.6 Å². The Balaban J connectivity index is 3.07. The van der Waals surface area contributed by atoms with Crippen LogP contribution >= 0.6 is 23.4 Å². The Bertz CT molecular complexity index is 455. The van der Waals surface area contributed by atoms with E-state index in [2.05, 4.69) is 6.92 Å². The van der Waals surface area contributed by atoms with Crippen LogP contribution in [0.25, 0.3) is 5.70 Å². The monoisotopic (exact) mass is 311 g/mol. The molecule has 0 heterocycles. The summed E-state index contributed by atoms with van der Waals surface area (Å²) in [5, 5.41) is 0. The van der Waals surface area contributed by atoms with Gasteiger partial charge in [-0.1, -0.05) is 42.8 Å². The second kappa shape index (κ2) is 9.09. The highest BCUT2D eigenvalue weighted by molar-refractivity contribution is 7.99. The fourth-order valence-corrected chi connectivity index (χ4v) is 2.96. The van der Waals surface area contributed by atoms with Crippen LogP contribution in [-0.4, -0.2) is 28.3 Å². The first-order valence-corrected chi connectivity index (χ1v) is 8.47. The summed E-state index contributed by atoms with van der Waals surface area (Å²) in [6.45, 7) is 6.20. The maximum Gasteiger partial charge on any atom is 0.242 e. The number of allylic oxidation sites excluding steroid dienone is 1. The Morgan fingerprint density at radius 1 is 1.25 bits per heavy atom. The Labute approximate surface area is 131 Å². The van der Waals surface area contributed by atoms with E-state index in [1.54, 1.807) is 16.7 Å². The lowest BCUT2D eigenvalue weighted by molar-refractivity contribution is -0.124. The third-order valence-electron chi connectivity index (χ3n) is 2.77. The molecule has 1 aromatic carbocycles. The molecule has 0 aliphatic carbocycles. The van der Waals surface area contributed by atoms with Crippen molar-refractivity contribution in [2.45, 2.75) is 27.2 Å². The summed E-state index contributed by atoms with van der Waals surface area (Å²) in [6.07, 6.45) is 1.10. The second-order valence-corrected chi connectivity index (χ2v) is 6.05. The predicted molar refractivity (Wildman–Crippen MR) is 89.9 cm³/mol. The standard InChI is InChI=1S/C16H22ClNOS/c1-4-10-20-12-18(15(19)11-17)16(13(2)3)14-8-6-5-7-9-14/h5-9H,4,10-12H2,1-3H3. The number of amides is 1. The van der Waals surface area contributed by atoms with Crippen molar-refractivity contribution < 1.29 is 4.79 Å². The van der Waals surface area contributed by atoms with Gasteiger partial charge in [0.05, 0.1) is 11.6 Å². The van der Waals surface area contributed by atoms with Gasteiger partial charge in [0.1, 0.15) is 5.88 Å². The molecule has 0 fully saturated rings. The van der Waals surface area contributed by atoms with Gasteiger partial charge in [-0.3, -0.25) is 4.79 Å². The summed E-state index contributed by atoms with van der Waals surface area (Å²) in [5.74, 6) is 1.65. The molecule has 1 rings (SSSR count). The molecule has 0 N–H and O–H groups in total. The van der Waals surface area contributed by atoms with E-state index in [1.807, 2.05) is 44.2 Å². The summed E-state index contributed by atoms with van der Waals surface area (Å²) < 4.78 is 0. The van der Waals surface area contributed by atoms with Crippen LogP contribution < -0.4 is 0 Å². The van der Waals surface area contributed by atoms with Crippen molar-refractivity contribution in [1.82, 2.24) is 4.90 Å². The van der Waals surface area contributed by atoms with Crippen molar-refractivity contribution in [1.29, 1.82) is 0 Å². The van der Waals surface area contributed by atoms with Crippen molar-refractivity contribution in [2.75, 3.05) is 17.5 Å². The zero-order chi connectivity index (χ0) is 15.0. The first-order valence-electron chi connectivity index (χ1n) is 6.78. The van der Waals surface area contributed by atoms with Crippen molar-refractivity contribution >= 4 is 35.0 Å². The van der Waals surface area contributed by atoms with Gasteiger partial charge in [0, 0.05) is 0 Å². The van der Waals surface area contributed by atoms with Gasteiger partial charge in [-0.15, -0.1) is 23.4 Å². The van der Waals surface area contributed by atoms with Crippen LogP contribution in [0.2, 0.25) is 0 Å². The summed E-state index contributed by atoms with van der Waals surface area (Å²) in [7, 11) is 0. The van der Waals surface area contributed by atoms with Crippen LogP contribution in [0.5, 0.6) is 0 Å². The molecule has 0 aliphatic heterocycles. The number of alkyl halides is 1. The molecule has 0 saturated heterocycles. The quantitative estimate of drug-likeness (QED) is 0.416. The molecule has 0 bridgehead atoms. The molecule has 0 unspecified atom stereocenters. The topological polar surface area (TPSA) is 20.3 Å². The number of benzene rings is 1. The second-order valence-electron chi connectivity index (χ2n) is 4.71. The smallest absolute Gasteiger partial charge is 0.242 e. The molecule has 110 valence electrons. The average molecular weight is 312 g/mol. The maximum absolute atomic E-state index is 12.2. The number of nitrogens with zero attached hydrogens (tertiary/aromatic N) is 1. The van der Waals surface area contributed by atoms with E-state index in [0.29, 0.717) is 5.88 Å². The molecule has 4 heteroatoms. The van der Waals surface area contributed by atoms with Gasteiger partial charge in [0.15, 0.2) is 0 Å². The van der Waals surface area contributed by atoms with E-state index in [9.17, 15) is 4.79 Å². The summed E-state index contributed by atoms with van der Waals surface area (Å²) in [4.78, 5) is 14.0. The molecule has 0 radical (unpaired) electrons. The SMILES string of the molecule is CCCSCN(C(=O)CCl)C(=C(C)C)c1ccccc1. The van der Waals surface area contributed by atoms with Gasteiger partial charge in [-0.2, -0.15) is 0 Å². The largest absolute Gasteiger partial charge is 0.301 e. The van der Waals surface area contributed by atoms with Gasteiger partial charge in [-0.25, -0.2) is 0 Å². The molecule has 0 saturated carbocycles. The van der Waals surface area contributed by atoms with E-state index in [-0.39, 0.29) is 11.8 Å². The van der Waals surface area contributed by atoms with Crippen LogP contribution in [0.4, 0.5) is 0 Å². The van der Waals surface area contributed by atoms with Crippen molar-refractivity contribution in [3.8, 4) is 0 Å². The zero-order valence-corrected chi connectivity index (χ0v) is 13.9. The molecule has 20 heavy (non-hydrogen) atoms. The fourth-order valence-electron chi connectivity index (χ4n) is 1.94. The maximum atomic E-state index is 12.2. The Morgan fingerprint density at radius 3 is 2.40 bits per heavy atom. The first kappa shape index (κ1) is 17.1. The van der Waals surface area contributed by atoms with E-state index in [4.69, 9.17) is 11.6 Å². The molecular formula is C16H22ClNOS. The van der Waals surface area contributed by atoms with E-state index >= 15 is 0 Å². The van der Waals surface area contributed by atoms with Gasteiger partial charge in [0.2, 0.25) is 5.91 Å². The summed E-state index contributed by atoms with van der Waals surface area (Å²) >= 11 is 7.53. The highest BCUT2D eigenvalue weighted by Gasteiger charge is 2.19. The minimum Gasteiger partial charge on any atom is -0.301 e. The zero-order valence-electron chi connectivity index (χ0n) is 12.4. The van der Waals surface area contributed by atoms with Crippen LogP contribution in [0.1, 0.15) is 32.8 Å². The number of halogens is 1. The first-order chi connectivity index (χ1) is 9.61. The third kappa shape index (κ3) is 4.88. The molecule has 1 aromatic rings. The third-order valence-corrected chi connectivity index (χ3v) is 4.14. The van der Waals surface area contributed by atoms with Crippen LogP contribution in [0.3, 0.4) is 0 Å². The van der Waals surface area contributed by atoms with Gasteiger partial charge in [0.25, 0.3) is 0 Å². The highest BCUT2D eigenvalue weighted by atomic mass is 35.5. The van der Waals surface area contributed by atoms with Crippen molar-refractivity contribution in [2.24, 2.45) is 0 Å². The number of carbonyl (C=O) groups excluding carboxylic acids is 1. The molecule has 1 amide bonds. The molecule has 0 spiro atoms. The minimum atomic E-state index is -0.0460. The van der Waals surface area contributed by atoms with E-state index in [1.165, 1.54) is 0 Å². The van der Waals surface area contributed by atoms with Crippen molar-refractivity contribution in [3.05, 3.63) is 41.5 Å². The van der Waals surface area contributed by atoms with Gasteiger partial charge < -0.3 is 4.90 Å². The Hall–Kier alpha value is -0.930. The summed E-state index contributed by atoms with van der Waals surface area (Å²) in [6, 6.07) is 10.0. The number of rotatable bonds is 7. The average Bonchev–Trinajstić information content (AvgIpc) is 2.46. The van der Waals surface area contributed by atoms with Gasteiger partial charge >= 0.3 is 0 Å². The number of carbonyl (C=O) groups is 1. The lowest BCUT2D eigenvalue weighted by Crippen LogP contribution is -2.31. The molecule has 0 atom stereocenters. The normalized spacial score (nSPS) is 10.2. The van der Waals surface area contributed by atoms with Crippen LogP contribution in [0.15, 0.2) is 35.9 Å². The molecule has 0 aromatic heterocycles. The minimum absolute atomic E-state index is 0.0102. The highest BCUT2D eigenvalue weighted by Crippen LogP contribution is 2.25. The molecule has 2 nitrogen and oxygen atoms in total. The lowest BCUT2D eigenvalue weighted by Gasteiger charge is -2.26.